The molecule has 0 bridgehead atoms. The van der Waals surface area contributed by atoms with Crippen LogP contribution in [0.5, 0.6) is 17.4 Å². The van der Waals surface area contributed by atoms with Crippen molar-refractivity contribution in [3.05, 3.63) is 73.7 Å². The number of carbonyl (C=O) groups excluding carboxylic acids is 2. The number of fused-ring (bicyclic) bond motifs is 1. The topological polar surface area (TPSA) is 109 Å². The molecule has 8 nitrogen and oxygen atoms in total. The van der Waals surface area contributed by atoms with Gasteiger partial charge in [0.05, 0.1) is 29.7 Å². The molecule has 1 aliphatic heterocycles. The van der Waals surface area contributed by atoms with Crippen LogP contribution < -0.4 is 14.3 Å². The van der Waals surface area contributed by atoms with Crippen molar-refractivity contribution in [1.82, 2.24) is 9.88 Å². The van der Waals surface area contributed by atoms with Gasteiger partial charge in [0.2, 0.25) is 5.88 Å². The van der Waals surface area contributed by atoms with Crippen LogP contribution in [0.2, 0.25) is 0 Å². The SMILES string of the molecule is COc1ccc(OCCCN2C(=O)c3ccccc3C2=O)c(CCc2sc(=O)[nH]c2O)c1. The van der Waals surface area contributed by atoms with Crippen LogP contribution in [0.25, 0.3) is 0 Å². The first kappa shape index (κ1) is 21.6. The van der Waals surface area contributed by atoms with E-state index in [-0.39, 0.29) is 29.1 Å². The lowest BCUT2D eigenvalue weighted by atomic mass is 10.1. The minimum absolute atomic E-state index is 0.105. The maximum Gasteiger partial charge on any atom is 0.307 e. The maximum absolute atomic E-state index is 12.5. The first-order valence-electron chi connectivity index (χ1n) is 10.1. The molecule has 0 radical (unpaired) electrons. The number of benzene rings is 2. The molecule has 1 aromatic heterocycles. The molecule has 2 amide bonds. The van der Waals surface area contributed by atoms with Crippen molar-refractivity contribution < 1.29 is 24.2 Å². The molecule has 9 heteroatoms. The highest BCUT2D eigenvalue weighted by molar-refractivity contribution is 7.09. The number of aromatic nitrogens is 1. The van der Waals surface area contributed by atoms with Crippen LogP contribution in [0.3, 0.4) is 0 Å². The van der Waals surface area contributed by atoms with Gasteiger partial charge in [0, 0.05) is 6.54 Å². The largest absolute Gasteiger partial charge is 0.497 e. The summed E-state index contributed by atoms with van der Waals surface area (Å²) in [5.41, 5.74) is 1.74. The maximum atomic E-state index is 12.5. The van der Waals surface area contributed by atoms with E-state index in [9.17, 15) is 19.5 Å². The normalized spacial score (nSPS) is 12.8. The number of amides is 2. The second-order valence-corrected chi connectivity index (χ2v) is 8.34. The Bertz CT molecular complexity index is 1180. The monoisotopic (exact) mass is 454 g/mol. The van der Waals surface area contributed by atoms with Gasteiger partial charge in [-0.25, -0.2) is 0 Å². The van der Waals surface area contributed by atoms with Crippen molar-refractivity contribution in [2.24, 2.45) is 0 Å². The lowest BCUT2D eigenvalue weighted by molar-refractivity contribution is 0.0646. The van der Waals surface area contributed by atoms with E-state index in [4.69, 9.17) is 9.47 Å². The number of rotatable bonds is 9. The molecule has 4 rings (SSSR count). The van der Waals surface area contributed by atoms with Crippen LogP contribution in [0.4, 0.5) is 0 Å². The average Bonchev–Trinajstić information content (AvgIpc) is 3.25. The number of aromatic amines is 1. The molecule has 2 aromatic carbocycles. The van der Waals surface area contributed by atoms with Crippen LogP contribution in [-0.4, -0.2) is 47.1 Å². The Kier molecular flexibility index (Phi) is 6.27. The number of methoxy groups -OCH3 is 1. The predicted molar refractivity (Wildman–Crippen MR) is 119 cm³/mol. The molecule has 32 heavy (non-hydrogen) atoms. The van der Waals surface area contributed by atoms with E-state index in [1.165, 1.54) is 4.90 Å². The number of nitrogens with zero attached hydrogens (tertiary/aromatic N) is 1. The zero-order chi connectivity index (χ0) is 22.7. The summed E-state index contributed by atoms with van der Waals surface area (Å²) in [6, 6.07) is 12.3. The Morgan fingerprint density at radius 2 is 1.75 bits per heavy atom. The highest BCUT2D eigenvalue weighted by atomic mass is 32.1. The lowest BCUT2D eigenvalue weighted by Crippen LogP contribution is -2.31. The van der Waals surface area contributed by atoms with Crippen molar-refractivity contribution in [2.45, 2.75) is 19.3 Å². The number of nitrogens with one attached hydrogen (secondary N) is 1. The minimum atomic E-state index is -0.298. The smallest absolute Gasteiger partial charge is 0.307 e. The number of H-pyrrole nitrogens is 1. The third-order valence-corrected chi connectivity index (χ3v) is 6.18. The molecule has 0 saturated carbocycles. The summed E-state index contributed by atoms with van der Waals surface area (Å²) in [5, 5.41) is 9.80. The fourth-order valence-electron chi connectivity index (χ4n) is 3.64. The highest BCUT2D eigenvalue weighted by Crippen LogP contribution is 2.28. The molecule has 166 valence electrons. The molecular formula is C23H22N2O6S. The molecule has 0 spiro atoms. The van der Waals surface area contributed by atoms with Gasteiger partial charge in [-0.15, -0.1) is 0 Å². The van der Waals surface area contributed by atoms with Gasteiger partial charge in [0.15, 0.2) is 0 Å². The Hall–Kier alpha value is -3.59. The van der Waals surface area contributed by atoms with E-state index in [0.717, 1.165) is 16.9 Å². The molecule has 0 unspecified atom stereocenters. The molecule has 2 heterocycles. The number of hydrogen-bond acceptors (Lipinski definition) is 7. The predicted octanol–water partition coefficient (Wildman–Crippen LogP) is 3.00. The molecule has 2 N–H and O–H groups in total. The first-order valence-corrected chi connectivity index (χ1v) is 11.0. The Balaban J connectivity index is 1.37. The van der Waals surface area contributed by atoms with Gasteiger partial charge in [0.1, 0.15) is 11.5 Å². The molecule has 0 saturated heterocycles. The summed E-state index contributed by atoms with van der Waals surface area (Å²) in [4.78, 5) is 40.2. The van der Waals surface area contributed by atoms with Gasteiger partial charge in [0.25, 0.3) is 11.8 Å². The van der Waals surface area contributed by atoms with Crippen molar-refractivity contribution >= 4 is 23.2 Å². The van der Waals surface area contributed by atoms with E-state index >= 15 is 0 Å². The van der Waals surface area contributed by atoms with Gasteiger partial charge in [-0.3, -0.25) is 24.3 Å². The van der Waals surface area contributed by atoms with Crippen LogP contribution in [0, 0.1) is 0 Å². The van der Waals surface area contributed by atoms with Crippen molar-refractivity contribution in [3.8, 4) is 17.4 Å². The summed E-state index contributed by atoms with van der Waals surface area (Å²) in [5.74, 6) is 0.661. The van der Waals surface area contributed by atoms with Crippen LogP contribution in [-0.2, 0) is 12.8 Å². The van der Waals surface area contributed by atoms with E-state index in [2.05, 4.69) is 4.98 Å². The van der Waals surface area contributed by atoms with E-state index in [1.807, 2.05) is 6.07 Å². The number of carbonyl (C=O) groups is 2. The molecule has 0 fully saturated rings. The van der Waals surface area contributed by atoms with Crippen LogP contribution in [0.1, 0.15) is 37.6 Å². The minimum Gasteiger partial charge on any atom is -0.497 e. The van der Waals surface area contributed by atoms with E-state index < -0.39 is 0 Å². The van der Waals surface area contributed by atoms with Gasteiger partial charge in [-0.1, -0.05) is 23.5 Å². The summed E-state index contributed by atoms with van der Waals surface area (Å²) < 4.78 is 11.2. The second kappa shape index (κ2) is 9.27. The number of aromatic hydroxyl groups is 1. The lowest BCUT2D eigenvalue weighted by Gasteiger charge is -2.16. The average molecular weight is 455 g/mol. The van der Waals surface area contributed by atoms with Crippen molar-refractivity contribution in [2.75, 3.05) is 20.3 Å². The summed E-state index contributed by atoms with van der Waals surface area (Å²) in [7, 11) is 1.57. The fourth-order valence-corrected chi connectivity index (χ4v) is 4.36. The standard InChI is InChI=1S/C23H22N2O6S/c1-30-15-8-9-18(14(13-15)7-10-19-20(26)24-23(29)32-19)31-12-4-11-25-21(27)16-5-2-3-6-17(16)22(25)28/h2-3,5-6,8-9,13,26H,4,7,10-12H2,1H3,(H,24,29). The molecular weight excluding hydrogens is 432 g/mol. The Morgan fingerprint density at radius 3 is 2.38 bits per heavy atom. The van der Waals surface area contributed by atoms with E-state index in [0.29, 0.717) is 53.4 Å². The number of aryl methyl sites for hydroxylation is 2. The van der Waals surface area contributed by atoms with Gasteiger partial charge >= 0.3 is 4.87 Å². The van der Waals surface area contributed by atoms with Crippen molar-refractivity contribution in [1.29, 1.82) is 0 Å². The summed E-state index contributed by atoms with van der Waals surface area (Å²) >= 11 is 0.978. The molecule has 0 aliphatic carbocycles. The van der Waals surface area contributed by atoms with Gasteiger partial charge in [-0.2, -0.15) is 0 Å². The number of imide groups is 1. The third kappa shape index (κ3) is 4.38. The third-order valence-electron chi connectivity index (χ3n) is 5.25. The van der Waals surface area contributed by atoms with Crippen LogP contribution >= 0.6 is 11.3 Å². The number of thiazole rings is 1. The summed E-state index contributed by atoms with van der Waals surface area (Å²) in [6.45, 7) is 0.582. The first-order chi connectivity index (χ1) is 15.5. The number of hydrogen-bond donors (Lipinski definition) is 2. The summed E-state index contributed by atoms with van der Waals surface area (Å²) in [6.07, 6.45) is 1.48. The molecule has 3 aromatic rings. The van der Waals surface area contributed by atoms with E-state index in [1.54, 1.807) is 43.5 Å². The molecule has 1 aliphatic rings. The highest BCUT2D eigenvalue weighted by Gasteiger charge is 2.34. The number of ether oxygens (including phenoxy) is 2. The second-order valence-electron chi connectivity index (χ2n) is 7.27. The Morgan fingerprint density at radius 1 is 1.03 bits per heavy atom. The Labute approximate surface area is 188 Å². The molecule has 0 atom stereocenters. The zero-order valence-corrected chi connectivity index (χ0v) is 18.2. The van der Waals surface area contributed by atoms with Gasteiger partial charge in [-0.05, 0) is 55.2 Å². The zero-order valence-electron chi connectivity index (χ0n) is 17.4. The van der Waals surface area contributed by atoms with Gasteiger partial charge < -0.3 is 14.6 Å². The fraction of sp³-hybridized carbons (Fsp3) is 0.261. The van der Waals surface area contributed by atoms with Crippen molar-refractivity contribution in [3.63, 3.8) is 0 Å². The quantitative estimate of drug-likeness (QED) is 0.380. The van der Waals surface area contributed by atoms with Crippen LogP contribution in [0.15, 0.2) is 47.3 Å².